The van der Waals surface area contributed by atoms with Crippen molar-refractivity contribution in [2.75, 3.05) is 19.7 Å². The van der Waals surface area contributed by atoms with Gasteiger partial charge in [0, 0.05) is 13.1 Å². The van der Waals surface area contributed by atoms with Crippen molar-refractivity contribution in [2.24, 2.45) is 5.41 Å². The van der Waals surface area contributed by atoms with Crippen LogP contribution in [0.1, 0.15) is 38.2 Å². The van der Waals surface area contributed by atoms with E-state index in [1.807, 2.05) is 25.1 Å². The van der Waals surface area contributed by atoms with E-state index in [4.69, 9.17) is 4.74 Å². The first-order valence-corrected chi connectivity index (χ1v) is 8.62. The largest absolute Gasteiger partial charge is 0.490 e. The van der Waals surface area contributed by atoms with Gasteiger partial charge in [-0.2, -0.15) is 0 Å². The normalized spacial score (nSPS) is 18.1. The van der Waals surface area contributed by atoms with Gasteiger partial charge in [0.1, 0.15) is 18.5 Å². The Morgan fingerprint density at radius 3 is 2.76 bits per heavy atom. The number of halogens is 1. The molecule has 1 saturated carbocycles. The van der Waals surface area contributed by atoms with E-state index in [0.717, 1.165) is 16.8 Å². The van der Waals surface area contributed by atoms with Crippen molar-refractivity contribution >= 4 is 15.9 Å². The highest BCUT2D eigenvalue weighted by Gasteiger charge is 2.34. The summed E-state index contributed by atoms with van der Waals surface area (Å²) in [5.41, 5.74) is 1.67. The predicted octanol–water partition coefficient (Wildman–Crippen LogP) is 3.67. The van der Waals surface area contributed by atoms with Crippen LogP contribution >= 0.6 is 15.9 Å². The van der Waals surface area contributed by atoms with Crippen LogP contribution in [0.2, 0.25) is 0 Å². The monoisotopic (exact) mass is 355 g/mol. The van der Waals surface area contributed by atoms with Gasteiger partial charge in [-0.1, -0.05) is 19.4 Å². The summed E-state index contributed by atoms with van der Waals surface area (Å²) in [6.07, 6.45) is 4.73. The number of ether oxygens (including phenoxy) is 1. The molecule has 0 aromatic heterocycles. The molecule has 3 nitrogen and oxygen atoms in total. The van der Waals surface area contributed by atoms with Gasteiger partial charge in [-0.15, -0.1) is 0 Å². The van der Waals surface area contributed by atoms with Crippen molar-refractivity contribution in [3.05, 3.63) is 28.2 Å². The van der Waals surface area contributed by atoms with Crippen LogP contribution in [0.25, 0.3) is 0 Å². The Labute approximate surface area is 136 Å². The second kappa shape index (κ2) is 7.61. The molecule has 0 radical (unpaired) electrons. The quantitative estimate of drug-likeness (QED) is 0.747. The maximum Gasteiger partial charge on any atom is 0.133 e. The summed E-state index contributed by atoms with van der Waals surface area (Å²) >= 11 is 3.48. The van der Waals surface area contributed by atoms with E-state index in [1.54, 1.807) is 0 Å². The number of nitrogens with one attached hydrogen (secondary N) is 1. The molecule has 4 heteroatoms. The molecular formula is C17H26BrNO2. The van der Waals surface area contributed by atoms with Crippen molar-refractivity contribution in [1.29, 1.82) is 0 Å². The van der Waals surface area contributed by atoms with Gasteiger partial charge in [0.25, 0.3) is 0 Å². The molecule has 1 aromatic rings. The van der Waals surface area contributed by atoms with E-state index in [9.17, 15) is 5.11 Å². The van der Waals surface area contributed by atoms with Gasteiger partial charge in [-0.25, -0.2) is 0 Å². The number of hydrogen-bond acceptors (Lipinski definition) is 3. The number of hydrogen-bond donors (Lipinski definition) is 2. The van der Waals surface area contributed by atoms with Crippen LogP contribution in [0.5, 0.6) is 5.75 Å². The van der Waals surface area contributed by atoms with Crippen molar-refractivity contribution in [1.82, 2.24) is 5.32 Å². The lowest BCUT2D eigenvalue weighted by Gasteiger charge is -2.41. The number of aryl methyl sites for hydroxylation is 1. The molecule has 1 aromatic carbocycles. The molecule has 1 unspecified atom stereocenters. The Bertz CT molecular complexity index is 455. The Kier molecular flexibility index (Phi) is 6.08. The highest BCUT2D eigenvalue weighted by atomic mass is 79.9. The molecule has 1 atom stereocenters. The number of aliphatic hydroxyl groups excluding tert-OH is 1. The standard InChI is InChI=1S/C17H26BrNO2/c1-3-17(7-4-8-17)12-19-10-14(20)11-21-16-6-5-13(2)9-15(16)18/h5-6,9,14,19-20H,3-4,7-8,10-12H2,1-2H3. The highest BCUT2D eigenvalue weighted by Crippen LogP contribution is 2.42. The molecule has 0 spiro atoms. The lowest BCUT2D eigenvalue weighted by Crippen LogP contribution is -2.42. The Morgan fingerprint density at radius 2 is 2.19 bits per heavy atom. The zero-order valence-corrected chi connectivity index (χ0v) is 14.6. The molecule has 1 fully saturated rings. The third kappa shape index (κ3) is 4.70. The molecule has 0 amide bonds. The summed E-state index contributed by atoms with van der Waals surface area (Å²) in [5, 5.41) is 13.4. The minimum atomic E-state index is -0.479. The molecule has 2 rings (SSSR count). The van der Waals surface area contributed by atoms with Crippen LogP contribution in [0.3, 0.4) is 0 Å². The maximum absolute atomic E-state index is 10.0. The van der Waals surface area contributed by atoms with Crippen molar-refractivity contribution in [3.8, 4) is 5.75 Å². The molecular weight excluding hydrogens is 330 g/mol. The third-order valence-corrected chi connectivity index (χ3v) is 5.18. The molecule has 0 bridgehead atoms. The van der Waals surface area contributed by atoms with E-state index < -0.39 is 6.10 Å². The molecule has 118 valence electrons. The van der Waals surface area contributed by atoms with Crippen molar-refractivity contribution in [2.45, 2.75) is 45.6 Å². The van der Waals surface area contributed by atoms with Gasteiger partial charge >= 0.3 is 0 Å². The first-order valence-electron chi connectivity index (χ1n) is 7.82. The highest BCUT2D eigenvalue weighted by molar-refractivity contribution is 9.10. The van der Waals surface area contributed by atoms with Crippen LogP contribution < -0.4 is 10.1 Å². The minimum absolute atomic E-state index is 0.313. The summed E-state index contributed by atoms with van der Waals surface area (Å²) in [6, 6.07) is 5.95. The average Bonchev–Trinajstić information content (AvgIpc) is 2.41. The smallest absolute Gasteiger partial charge is 0.133 e. The summed E-state index contributed by atoms with van der Waals surface area (Å²) in [7, 11) is 0. The molecule has 1 aliphatic rings. The summed E-state index contributed by atoms with van der Waals surface area (Å²) < 4.78 is 6.60. The number of rotatable bonds is 8. The lowest BCUT2D eigenvalue weighted by molar-refractivity contribution is 0.0867. The number of benzene rings is 1. The summed E-state index contributed by atoms with van der Waals surface area (Å²) in [5.74, 6) is 0.781. The van der Waals surface area contributed by atoms with Gasteiger partial charge in [0.15, 0.2) is 0 Å². The number of aliphatic hydroxyl groups is 1. The Morgan fingerprint density at radius 1 is 1.43 bits per heavy atom. The fraction of sp³-hybridized carbons (Fsp3) is 0.647. The second-order valence-corrected chi connectivity index (χ2v) is 7.09. The Hall–Kier alpha value is -0.580. The van der Waals surface area contributed by atoms with Crippen molar-refractivity contribution < 1.29 is 9.84 Å². The van der Waals surface area contributed by atoms with Crippen LogP contribution in [-0.4, -0.2) is 30.9 Å². The van der Waals surface area contributed by atoms with E-state index in [-0.39, 0.29) is 0 Å². The fourth-order valence-electron chi connectivity index (χ4n) is 2.80. The third-order valence-electron chi connectivity index (χ3n) is 4.56. The first kappa shape index (κ1) is 16.8. The Balaban J connectivity index is 1.68. The van der Waals surface area contributed by atoms with Crippen molar-refractivity contribution in [3.63, 3.8) is 0 Å². The van der Waals surface area contributed by atoms with Crippen LogP contribution in [0.4, 0.5) is 0 Å². The van der Waals surface area contributed by atoms with Crippen LogP contribution in [0.15, 0.2) is 22.7 Å². The zero-order valence-electron chi connectivity index (χ0n) is 13.0. The van der Waals surface area contributed by atoms with E-state index >= 15 is 0 Å². The van der Waals surface area contributed by atoms with Gasteiger partial charge in [0.05, 0.1) is 4.47 Å². The molecule has 0 aliphatic heterocycles. The van der Waals surface area contributed by atoms with E-state index in [1.165, 1.54) is 31.2 Å². The van der Waals surface area contributed by atoms with Gasteiger partial charge in [-0.05, 0) is 65.2 Å². The summed E-state index contributed by atoms with van der Waals surface area (Å²) in [6.45, 7) is 6.21. The maximum atomic E-state index is 10.0. The van der Waals surface area contributed by atoms with Crippen LogP contribution in [-0.2, 0) is 0 Å². The second-order valence-electron chi connectivity index (χ2n) is 6.24. The van der Waals surface area contributed by atoms with Gasteiger partial charge in [0.2, 0.25) is 0 Å². The minimum Gasteiger partial charge on any atom is -0.490 e. The molecule has 0 heterocycles. The SMILES string of the molecule is CCC1(CNCC(O)COc2ccc(C)cc2Br)CCC1. The van der Waals surface area contributed by atoms with E-state index in [2.05, 4.69) is 28.2 Å². The summed E-state index contributed by atoms with van der Waals surface area (Å²) in [4.78, 5) is 0. The molecule has 2 N–H and O–H groups in total. The van der Waals surface area contributed by atoms with Gasteiger partial charge < -0.3 is 15.2 Å². The average molecular weight is 356 g/mol. The predicted molar refractivity (Wildman–Crippen MR) is 89.8 cm³/mol. The molecule has 1 aliphatic carbocycles. The first-order chi connectivity index (χ1) is 10.0. The van der Waals surface area contributed by atoms with Gasteiger partial charge in [-0.3, -0.25) is 0 Å². The van der Waals surface area contributed by atoms with E-state index in [0.29, 0.717) is 18.6 Å². The molecule has 0 saturated heterocycles. The van der Waals surface area contributed by atoms with Crippen LogP contribution in [0, 0.1) is 12.3 Å². The lowest BCUT2D eigenvalue weighted by atomic mass is 9.67. The fourth-order valence-corrected chi connectivity index (χ4v) is 3.41. The zero-order chi connectivity index (χ0) is 15.3. The topological polar surface area (TPSA) is 41.5 Å². The molecule has 21 heavy (non-hydrogen) atoms.